The summed E-state index contributed by atoms with van der Waals surface area (Å²) in [4.78, 5) is 12.0. The maximum atomic E-state index is 5.62. The van der Waals surface area contributed by atoms with Crippen molar-refractivity contribution < 1.29 is 4.74 Å². The van der Waals surface area contributed by atoms with Gasteiger partial charge in [-0.1, -0.05) is 18.2 Å². The number of fused-ring (bicyclic) bond motifs is 1. The molecule has 0 saturated carbocycles. The van der Waals surface area contributed by atoms with E-state index in [1.54, 1.807) is 0 Å². The van der Waals surface area contributed by atoms with Crippen molar-refractivity contribution in [2.75, 3.05) is 6.61 Å². The van der Waals surface area contributed by atoms with E-state index in [0.29, 0.717) is 12.4 Å². The van der Waals surface area contributed by atoms with Crippen molar-refractivity contribution in [1.29, 1.82) is 0 Å². The Morgan fingerprint density at radius 3 is 2.75 bits per heavy atom. The topological polar surface area (TPSA) is 47.9 Å². The van der Waals surface area contributed by atoms with E-state index in [1.165, 1.54) is 12.7 Å². The summed E-state index contributed by atoms with van der Waals surface area (Å²) in [6, 6.07) is 7.90. The highest BCUT2D eigenvalue weighted by Crippen LogP contribution is 2.28. The van der Waals surface area contributed by atoms with Crippen LogP contribution in [0.3, 0.4) is 0 Å². The van der Waals surface area contributed by atoms with Gasteiger partial charge in [-0.15, -0.1) is 0 Å². The van der Waals surface area contributed by atoms with Crippen LogP contribution in [0.25, 0.3) is 11.6 Å². The Balaban J connectivity index is 2.04. The third kappa shape index (κ3) is 1.54. The van der Waals surface area contributed by atoms with E-state index in [0.717, 1.165) is 16.9 Å². The van der Waals surface area contributed by atoms with Gasteiger partial charge in [0.25, 0.3) is 0 Å². The molecule has 2 aromatic rings. The van der Waals surface area contributed by atoms with E-state index < -0.39 is 0 Å². The van der Waals surface area contributed by atoms with Crippen LogP contribution in [0.15, 0.2) is 36.9 Å². The molecule has 0 radical (unpaired) electrons. The highest BCUT2D eigenvalue weighted by atomic mass is 16.5. The van der Waals surface area contributed by atoms with Gasteiger partial charge in [0.2, 0.25) is 0 Å². The minimum absolute atomic E-state index is 0.501. The van der Waals surface area contributed by atoms with Crippen LogP contribution in [0, 0.1) is 0 Å². The van der Waals surface area contributed by atoms with Gasteiger partial charge in [-0.25, -0.2) is 15.0 Å². The number of rotatable bonds is 1. The molecule has 0 unspecified atom stereocenters. The minimum atomic E-state index is 0.501. The van der Waals surface area contributed by atoms with Crippen molar-refractivity contribution in [2.45, 2.75) is 0 Å². The third-order valence-corrected chi connectivity index (χ3v) is 2.41. The first-order valence-corrected chi connectivity index (χ1v) is 4.98. The molecule has 1 aromatic carbocycles. The monoisotopic (exact) mass is 211 g/mol. The first-order chi connectivity index (χ1) is 7.93. The number of hydrogen-bond donors (Lipinski definition) is 0. The van der Waals surface area contributed by atoms with Gasteiger partial charge < -0.3 is 4.74 Å². The van der Waals surface area contributed by atoms with Crippen LogP contribution in [0.1, 0.15) is 11.4 Å². The van der Waals surface area contributed by atoms with Crippen LogP contribution in [0.5, 0.6) is 5.75 Å². The van der Waals surface area contributed by atoms with Gasteiger partial charge >= 0.3 is 0 Å². The standard InChI is InChI=1S/C12H9N3O/c1-2-4-11-9(3-1)5-10(6-16-11)12-14-7-13-8-15-12/h1-5,7-8H,6H2. The lowest BCUT2D eigenvalue weighted by Crippen LogP contribution is -2.08. The Morgan fingerprint density at radius 1 is 1.06 bits per heavy atom. The lowest BCUT2D eigenvalue weighted by atomic mass is 10.1. The first-order valence-electron chi connectivity index (χ1n) is 4.98. The van der Waals surface area contributed by atoms with Gasteiger partial charge in [0.05, 0.1) is 0 Å². The molecule has 0 saturated heterocycles. The second-order valence-electron chi connectivity index (χ2n) is 3.46. The van der Waals surface area contributed by atoms with Crippen LogP contribution in [0.2, 0.25) is 0 Å². The molecule has 0 aliphatic carbocycles. The van der Waals surface area contributed by atoms with Crippen LogP contribution >= 0.6 is 0 Å². The zero-order valence-electron chi connectivity index (χ0n) is 8.50. The predicted octanol–water partition coefficient (Wildman–Crippen LogP) is 1.80. The Kier molecular flexibility index (Phi) is 2.11. The highest BCUT2D eigenvalue weighted by Gasteiger charge is 2.13. The fourth-order valence-electron chi connectivity index (χ4n) is 1.65. The molecule has 0 spiro atoms. The molecule has 0 bridgehead atoms. The van der Waals surface area contributed by atoms with E-state index in [-0.39, 0.29) is 0 Å². The Hall–Kier alpha value is -2.23. The van der Waals surface area contributed by atoms with Gasteiger partial charge in [0.1, 0.15) is 25.0 Å². The lowest BCUT2D eigenvalue weighted by molar-refractivity contribution is 0.365. The summed E-state index contributed by atoms with van der Waals surface area (Å²) in [5.41, 5.74) is 2.03. The summed E-state index contributed by atoms with van der Waals surface area (Å²) in [5, 5.41) is 0. The average molecular weight is 211 g/mol. The average Bonchev–Trinajstić information content (AvgIpc) is 2.39. The Morgan fingerprint density at radius 2 is 1.88 bits per heavy atom. The molecule has 0 N–H and O–H groups in total. The SMILES string of the molecule is C1=C(c2ncncn2)COc2ccccc21. The van der Waals surface area contributed by atoms with E-state index >= 15 is 0 Å². The van der Waals surface area contributed by atoms with Gasteiger partial charge in [-0.3, -0.25) is 0 Å². The molecule has 1 aliphatic rings. The maximum absolute atomic E-state index is 5.62. The van der Waals surface area contributed by atoms with E-state index in [2.05, 4.69) is 15.0 Å². The normalized spacial score (nSPS) is 13.6. The quantitative estimate of drug-likeness (QED) is 0.721. The van der Waals surface area contributed by atoms with E-state index in [1.807, 2.05) is 30.3 Å². The van der Waals surface area contributed by atoms with Crippen molar-refractivity contribution in [2.24, 2.45) is 0 Å². The van der Waals surface area contributed by atoms with Gasteiger partial charge in [-0.2, -0.15) is 0 Å². The Labute approximate surface area is 92.7 Å². The summed E-state index contributed by atoms with van der Waals surface area (Å²) in [5.74, 6) is 1.57. The number of para-hydroxylation sites is 1. The van der Waals surface area contributed by atoms with Crippen LogP contribution < -0.4 is 4.74 Å². The number of benzene rings is 1. The van der Waals surface area contributed by atoms with Crippen molar-refractivity contribution in [3.05, 3.63) is 48.3 Å². The van der Waals surface area contributed by atoms with Gasteiger partial charge in [0.15, 0.2) is 5.82 Å². The van der Waals surface area contributed by atoms with Crippen molar-refractivity contribution in [3.63, 3.8) is 0 Å². The minimum Gasteiger partial charge on any atom is -0.488 e. The summed E-state index contributed by atoms with van der Waals surface area (Å²) < 4.78 is 5.62. The van der Waals surface area contributed by atoms with Gasteiger partial charge in [0, 0.05) is 11.1 Å². The number of ether oxygens (including phenoxy) is 1. The van der Waals surface area contributed by atoms with E-state index in [4.69, 9.17) is 4.74 Å². The van der Waals surface area contributed by atoms with Crippen LogP contribution in [-0.2, 0) is 0 Å². The van der Waals surface area contributed by atoms with Crippen molar-refractivity contribution >= 4 is 11.6 Å². The second kappa shape index (κ2) is 3.73. The molecule has 4 heteroatoms. The van der Waals surface area contributed by atoms with Crippen LogP contribution in [0.4, 0.5) is 0 Å². The molecule has 4 nitrogen and oxygen atoms in total. The summed E-state index contributed by atoms with van der Waals surface area (Å²) in [6.07, 6.45) is 5.03. The van der Waals surface area contributed by atoms with Crippen molar-refractivity contribution in [3.8, 4) is 5.75 Å². The molecule has 1 aromatic heterocycles. The van der Waals surface area contributed by atoms with Crippen molar-refractivity contribution in [1.82, 2.24) is 15.0 Å². The van der Waals surface area contributed by atoms with E-state index in [9.17, 15) is 0 Å². The first kappa shape index (κ1) is 9.03. The summed E-state index contributed by atoms with van der Waals surface area (Å²) >= 11 is 0. The molecule has 1 aliphatic heterocycles. The fourth-order valence-corrected chi connectivity index (χ4v) is 1.65. The molecule has 0 atom stereocenters. The summed E-state index contributed by atoms with van der Waals surface area (Å²) in [7, 11) is 0. The molecule has 3 rings (SSSR count). The number of hydrogen-bond acceptors (Lipinski definition) is 4. The van der Waals surface area contributed by atoms with Crippen LogP contribution in [-0.4, -0.2) is 21.6 Å². The third-order valence-electron chi connectivity index (χ3n) is 2.41. The Bertz CT molecular complexity index is 537. The highest BCUT2D eigenvalue weighted by molar-refractivity contribution is 5.82. The maximum Gasteiger partial charge on any atom is 0.162 e. The zero-order valence-corrected chi connectivity index (χ0v) is 8.50. The molecule has 0 amide bonds. The predicted molar refractivity (Wildman–Crippen MR) is 59.6 cm³/mol. The fraction of sp³-hybridized carbons (Fsp3) is 0.0833. The number of nitrogens with zero attached hydrogens (tertiary/aromatic N) is 3. The number of aromatic nitrogens is 3. The smallest absolute Gasteiger partial charge is 0.162 e. The largest absolute Gasteiger partial charge is 0.488 e. The molecule has 2 heterocycles. The second-order valence-corrected chi connectivity index (χ2v) is 3.46. The molecule has 0 fully saturated rings. The van der Waals surface area contributed by atoms with Gasteiger partial charge in [-0.05, 0) is 12.1 Å². The molecule has 16 heavy (non-hydrogen) atoms. The molecular weight excluding hydrogens is 202 g/mol. The lowest BCUT2D eigenvalue weighted by Gasteiger charge is -2.16. The zero-order chi connectivity index (χ0) is 10.8. The molecule has 78 valence electrons. The summed E-state index contributed by atoms with van der Waals surface area (Å²) in [6.45, 7) is 0.501. The molecular formula is C12H9N3O.